The van der Waals surface area contributed by atoms with Crippen molar-refractivity contribution in [2.24, 2.45) is 5.41 Å². The molecule has 0 aliphatic carbocycles. The smallest absolute Gasteiger partial charge is 0.248 e. The number of hydrogen-bond acceptors (Lipinski definition) is 14. The standard InChI is InChI=1S/C48H57ClFN9O8S/c1-29-43(68-28-54-29)31-11-9-30(10-12-31)24-51-46(63)39-21-33(60)25-59(39)47(64)44(48(2,3)4)57-42(62)26-67-19-18-66-17-16-58(5)15-7-8-41(61)56-38-22-34-37(23-40(38)65-6)52-27-53-45(34)55-32-13-14-35(49)36(50)20-32/h7-14,20,22-23,27-28,33,39,44,60H,15-19,21,24-26H2,1-6H3,(H,51,63)(H,56,61)(H,57,62)(H,52,53,55)/b8-7+/t33?,39?,44-/m1/s1. The number of aryl methyl sites for hydroxylation is 1. The fourth-order valence-electron chi connectivity index (χ4n) is 7.35. The van der Waals surface area contributed by atoms with Crippen molar-refractivity contribution in [3.63, 3.8) is 0 Å². The lowest BCUT2D eigenvalue weighted by Crippen LogP contribution is -2.58. The zero-order chi connectivity index (χ0) is 49.0. The third kappa shape index (κ3) is 14.0. The van der Waals surface area contributed by atoms with Crippen molar-refractivity contribution >= 4 is 74.7 Å². The fraction of sp³-hybridized carbons (Fsp3) is 0.396. The number of anilines is 3. The molecule has 6 rings (SSSR count). The first-order valence-corrected chi connectivity index (χ1v) is 23.2. The van der Waals surface area contributed by atoms with Crippen LogP contribution in [0.1, 0.15) is 38.4 Å². The van der Waals surface area contributed by atoms with Crippen LogP contribution < -0.4 is 26.0 Å². The van der Waals surface area contributed by atoms with Crippen LogP contribution in [0.15, 0.2) is 78.6 Å². The topological polar surface area (TPSA) is 209 Å². The molecule has 68 heavy (non-hydrogen) atoms. The third-order valence-electron chi connectivity index (χ3n) is 11.0. The maximum absolute atomic E-state index is 14.1. The molecule has 1 fully saturated rings. The number of likely N-dealkylation sites (tertiary alicyclic amines) is 1. The number of likely N-dealkylation sites (N-methyl/N-ethyl adjacent to an activating group) is 1. The Morgan fingerprint density at radius 1 is 1.04 bits per heavy atom. The number of nitrogens with one attached hydrogen (secondary N) is 4. The van der Waals surface area contributed by atoms with Crippen molar-refractivity contribution < 1.29 is 42.9 Å². The number of β-amino-alcohol motifs (C(OH)–C–C–N with tert-alkyl or cyclic N) is 1. The summed E-state index contributed by atoms with van der Waals surface area (Å²) < 4.78 is 30.8. The van der Waals surface area contributed by atoms with E-state index in [0.717, 1.165) is 21.7 Å². The summed E-state index contributed by atoms with van der Waals surface area (Å²) in [6, 6.07) is 13.6. The van der Waals surface area contributed by atoms with E-state index in [0.29, 0.717) is 53.5 Å². The Kier molecular flexibility index (Phi) is 17.9. The van der Waals surface area contributed by atoms with Gasteiger partial charge in [0.15, 0.2) is 0 Å². The van der Waals surface area contributed by atoms with E-state index in [2.05, 4.69) is 36.2 Å². The lowest BCUT2D eigenvalue weighted by molar-refractivity contribution is -0.144. The van der Waals surface area contributed by atoms with Crippen LogP contribution in [0, 0.1) is 18.2 Å². The zero-order valence-electron chi connectivity index (χ0n) is 38.8. The molecule has 20 heteroatoms. The molecule has 3 aromatic carbocycles. The number of halogens is 2. The zero-order valence-corrected chi connectivity index (χ0v) is 40.4. The summed E-state index contributed by atoms with van der Waals surface area (Å²) in [7, 11) is 3.35. The first-order valence-electron chi connectivity index (χ1n) is 21.9. The van der Waals surface area contributed by atoms with E-state index < -0.39 is 47.1 Å². The van der Waals surface area contributed by atoms with E-state index in [1.807, 2.05) is 63.9 Å². The molecule has 1 saturated heterocycles. The lowest BCUT2D eigenvalue weighted by atomic mass is 9.85. The molecular formula is C48H57ClFN9O8S. The monoisotopic (exact) mass is 973 g/mol. The summed E-state index contributed by atoms with van der Waals surface area (Å²) in [4.78, 5) is 70.6. The van der Waals surface area contributed by atoms with Gasteiger partial charge in [-0.2, -0.15) is 0 Å². The number of carbonyl (C=O) groups excluding carboxylic acids is 4. The second kappa shape index (κ2) is 23.8. The van der Waals surface area contributed by atoms with Gasteiger partial charge in [-0.3, -0.25) is 19.2 Å². The summed E-state index contributed by atoms with van der Waals surface area (Å²) in [5.41, 5.74) is 5.31. The van der Waals surface area contributed by atoms with Gasteiger partial charge in [0, 0.05) is 55.8 Å². The van der Waals surface area contributed by atoms with Crippen LogP contribution in [0.4, 0.5) is 21.6 Å². The largest absolute Gasteiger partial charge is 0.494 e. The van der Waals surface area contributed by atoms with Gasteiger partial charge in [0.05, 0.1) is 65.3 Å². The summed E-state index contributed by atoms with van der Waals surface area (Å²) in [6.07, 6.45) is 3.67. The van der Waals surface area contributed by atoms with Crippen molar-refractivity contribution in [2.75, 3.05) is 70.9 Å². The number of methoxy groups -OCH3 is 1. The molecule has 0 bridgehead atoms. The Morgan fingerprint density at radius 2 is 1.81 bits per heavy atom. The summed E-state index contributed by atoms with van der Waals surface area (Å²) in [5.74, 6) is -1.56. The maximum Gasteiger partial charge on any atom is 0.248 e. The highest BCUT2D eigenvalue weighted by molar-refractivity contribution is 7.13. The molecule has 3 heterocycles. The quantitative estimate of drug-likeness (QED) is 0.0431. The van der Waals surface area contributed by atoms with Gasteiger partial charge in [-0.1, -0.05) is 62.7 Å². The molecule has 1 aliphatic heterocycles. The second-order valence-electron chi connectivity index (χ2n) is 17.3. The predicted octanol–water partition coefficient (Wildman–Crippen LogP) is 5.88. The molecule has 17 nitrogen and oxygen atoms in total. The number of rotatable bonds is 21. The molecule has 1 aliphatic rings. The van der Waals surface area contributed by atoms with Gasteiger partial charge < -0.3 is 50.4 Å². The fourth-order valence-corrected chi connectivity index (χ4v) is 8.28. The average molecular weight is 975 g/mol. The highest BCUT2D eigenvalue weighted by atomic mass is 35.5. The Balaban J connectivity index is 0.892. The number of aliphatic hydroxyl groups is 1. The molecule has 2 aromatic heterocycles. The van der Waals surface area contributed by atoms with Gasteiger partial charge >= 0.3 is 0 Å². The minimum absolute atomic E-state index is 0.00517. The minimum atomic E-state index is -0.989. The Bertz CT molecular complexity index is 2590. The molecule has 5 N–H and O–H groups in total. The van der Waals surface area contributed by atoms with E-state index in [-0.39, 0.29) is 50.3 Å². The second-order valence-corrected chi connectivity index (χ2v) is 18.6. The number of hydrogen-bond donors (Lipinski definition) is 5. The summed E-state index contributed by atoms with van der Waals surface area (Å²) in [5, 5.41) is 22.7. The highest BCUT2D eigenvalue weighted by Gasteiger charge is 2.44. The maximum atomic E-state index is 14.1. The minimum Gasteiger partial charge on any atom is -0.494 e. The molecule has 362 valence electrons. The van der Waals surface area contributed by atoms with Gasteiger partial charge in [0.25, 0.3) is 0 Å². The van der Waals surface area contributed by atoms with E-state index in [9.17, 15) is 28.7 Å². The number of thiazole rings is 1. The van der Waals surface area contributed by atoms with Crippen molar-refractivity contribution in [3.05, 3.63) is 101 Å². The number of aromatic nitrogens is 3. The molecule has 0 spiro atoms. The number of benzene rings is 3. The molecule has 3 atom stereocenters. The first kappa shape index (κ1) is 51.3. The summed E-state index contributed by atoms with van der Waals surface area (Å²) in [6.45, 7) is 8.98. The third-order valence-corrected chi connectivity index (χ3v) is 12.3. The normalized spacial score (nSPS) is 15.5. The molecular weight excluding hydrogens is 917 g/mol. The Morgan fingerprint density at radius 3 is 2.51 bits per heavy atom. The predicted molar refractivity (Wildman–Crippen MR) is 259 cm³/mol. The molecule has 5 aromatic rings. The number of amides is 4. The lowest BCUT2D eigenvalue weighted by Gasteiger charge is -2.35. The van der Waals surface area contributed by atoms with Gasteiger partial charge in [-0.15, -0.1) is 11.3 Å². The van der Waals surface area contributed by atoms with Crippen LogP contribution in [-0.4, -0.2) is 132 Å². The van der Waals surface area contributed by atoms with Crippen molar-refractivity contribution in [3.8, 4) is 16.2 Å². The first-order chi connectivity index (χ1) is 32.5. The van der Waals surface area contributed by atoms with Gasteiger partial charge in [0.1, 0.15) is 42.4 Å². The molecule has 2 unspecified atom stereocenters. The van der Waals surface area contributed by atoms with Crippen LogP contribution in [0.25, 0.3) is 21.3 Å². The summed E-state index contributed by atoms with van der Waals surface area (Å²) >= 11 is 7.39. The van der Waals surface area contributed by atoms with Gasteiger partial charge in [-0.05, 0) is 54.8 Å². The molecule has 4 amide bonds. The number of nitrogens with zero attached hydrogens (tertiary/aromatic N) is 5. The molecule has 0 saturated carbocycles. The average Bonchev–Trinajstić information content (AvgIpc) is 3.92. The van der Waals surface area contributed by atoms with Gasteiger partial charge in [0.2, 0.25) is 23.6 Å². The SMILES string of the molecule is COc1cc2ncnc(Nc3ccc(Cl)c(F)c3)c2cc1NC(=O)/C=C/CN(C)CCOCCOCC(=O)N[C@H](C(=O)N1CC(O)CC1C(=O)NCc1ccc(-c2scnc2C)cc1)C(C)(C)C. The molecule has 0 radical (unpaired) electrons. The Hall–Kier alpha value is -6.09. The van der Waals surface area contributed by atoms with Crippen molar-refractivity contribution in [1.29, 1.82) is 0 Å². The number of aliphatic hydroxyl groups excluding tert-OH is 1. The van der Waals surface area contributed by atoms with Crippen LogP contribution in [0.5, 0.6) is 5.75 Å². The van der Waals surface area contributed by atoms with Crippen molar-refractivity contribution in [2.45, 2.75) is 58.8 Å². The van der Waals surface area contributed by atoms with Crippen LogP contribution in [0.2, 0.25) is 5.02 Å². The number of ether oxygens (including phenoxy) is 3. The van der Waals surface area contributed by atoms with Crippen LogP contribution in [0.3, 0.4) is 0 Å². The van der Waals surface area contributed by atoms with E-state index in [1.165, 1.54) is 36.5 Å². The number of fused-ring (bicyclic) bond motifs is 1. The van der Waals surface area contributed by atoms with Crippen LogP contribution >= 0.6 is 22.9 Å². The Labute approximate surface area is 403 Å². The van der Waals surface area contributed by atoms with Crippen molar-refractivity contribution in [1.82, 2.24) is 35.4 Å². The van der Waals surface area contributed by atoms with Crippen LogP contribution in [-0.2, 0) is 35.2 Å². The van der Waals surface area contributed by atoms with E-state index in [1.54, 1.807) is 41.1 Å². The highest BCUT2D eigenvalue weighted by Crippen LogP contribution is 2.34. The van der Waals surface area contributed by atoms with E-state index in [4.69, 9.17) is 25.8 Å². The van der Waals surface area contributed by atoms with Gasteiger partial charge in [-0.25, -0.2) is 19.3 Å². The van der Waals surface area contributed by atoms with E-state index >= 15 is 0 Å². The number of carbonyl (C=O) groups is 4.